The monoisotopic (exact) mass is 229 g/mol. The lowest BCUT2D eigenvalue weighted by Crippen LogP contribution is -2.06. The second kappa shape index (κ2) is 4.37. The minimum atomic E-state index is -0.463. The van der Waals surface area contributed by atoms with Crippen LogP contribution >= 0.6 is 0 Å². The summed E-state index contributed by atoms with van der Waals surface area (Å²) in [6.07, 6.45) is 0. The molecule has 2 rings (SSSR count). The van der Waals surface area contributed by atoms with Gasteiger partial charge in [0.15, 0.2) is 5.78 Å². The fraction of sp³-hybridized carbons (Fsp3) is 0.0714. The van der Waals surface area contributed by atoms with Crippen LogP contribution in [0.1, 0.15) is 21.5 Å². The Labute approximate surface area is 98.9 Å². The van der Waals surface area contributed by atoms with E-state index in [1.807, 2.05) is 13.0 Å². The standard InChI is InChI=1S/C14H12FNO/c1-9-3-2-4-10(7-9)14(17)12-8-11(15)5-6-13(12)16/h2-8H,16H2,1H3. The zero-order valence-corrected chi connectivity index (χ0v) is 9.41. The van der Waals surface area contributed by atoms with E-state index >= 15 is 0 Å². The van der Waals surface area contributed by atoms with Crippen LogP contribution in [0.3, 0.4) is 0 Å². The Balaban J connectivity index is 2.47. The van der Waals surface area contributed by atoms with Crippen LogP contribution < -0.4 is 5.73 Å². The molecule has 0 fully saturated rings. The molecule has 0 radical (unpaired) electrons. The molecule has 2 N–H and O–H groups in total. The molecule has 2 aromatic carbocycles. The van der Waals surface area contributed by atoms with Gasteiger partial charge in [-0.05, 0) is 31.2 Å². The van der Waals surface area contributed by atoms with Gasteiger partial charge >= 0.3 is 0 Å². The van der Waals surface area contributed by atoms with Gasteiger partial charge in [-0.3, -0.25) is 4.79 Å². The fourth-order valence-corrected chi connectivity index (χ4v) is 1.67. The highest BCUT2D eigenvalue weighted by Gasteiger charge is 2.13. The van der Waals surface area contributed by atoms with Crippen LogP contribution in [0.2, 0.25) is 0 Å². The molecule has 0 unspecified atom stereocenters. The van der Waals surface area contributed by atoms with Gasteiger partial charge in [-0.15, -0.1) is 0 Å². The molecule has 0 aromatic heterocycles. The highest BCUT2D eigenvalue weighted by atomic mass is 19.1. The smallest absolute Gasteiger partial charge is 0.195 e. The largest absolute Gasteiger partial charge is 0.398 e. The Hall–Kier alpha value is -2.16. The first-order chi connectivity index (χ1) is 8.08. The van der Waals surface area contributed by atoms with Crippen LogP contribution in [0.25, 0.3) is 0 Å². The number of hydrogen-bond acceptors (Lipinski definition) is 2. The summed E-state index contributed by atoms with van der Waals surface area (Å²) in [5.41, 5.74) is 7.67. The van der Waals surface area contributed by atoms with Crippen molar-refractivity contribution in [2.24, 2.45) is 0 Å². The topological polar surface area (TPSA) is 43.1 Å². The minimum absolute atomic E-state index is 0.204. The van der Waals surface area contributed by atoms with Crippen LogP contribution in [-0.4, -0.2) is 5.78 Å². The third-order valence-electron chi connectivity index (χ3n) is 2.54. The maximum absolute atomic E-state index is 13.1. The molecule has 0 aliphatic heterocycles. The molecular formula is C14H12FNO. The maximum atomic E-state index is 13.1. The normalized spacial score (nSPS) is 10.2. The fourth-order valence-electron chi connectivity index (χ4n) is 1.67. The zero-order valence-electron chi connectivity index (χ0n) is 9.41. The van der Waals surface area contributed by atoms with Gasteiger partial charge in [-0.1, -0.05) is 23.8 Å². The number of carbonyl (C=O) groups excluding carboxylic acids is 1. The van der Waals surface area contributed by atoms with Crippen molar-refractivity contribution in [2.45, 2.75) is 6.92 Å². The average Bonchev–Trinajstić information content (AvgIpc) is 2.31. The number of hydrogen-bond donors (Lipinski definition) is 1. The van der Waals surface area contributed by atoms with E-state index < -0.39 is 5.82 Å². The van der Waals surface area contributed by atoms with Crippen LogP contribution in [0, 0.1) is 12.7 Å². The van der Waals surface area contributed by atoms with Crippen molar-refractivity contribution in [3.8, 4) is 0 Å². The van der Waals surface area contributed by atoms with Crippen molar-refractivity contribution in [1.29, 1.82) is 0 Å². The van der Waals surface area contributed by atoms with Gasteiger partial charge in [0.1, 0.15) is 5.82 Å². The number of nitrogens with two attached hydrogens (primary N) is 1. The highest BCUT2D eigenvalue weighted by Crippen LogP contribution is 2.18. The van der Waals surface area contributed by atoms with Crippen LogP contribution in [0.15, 0.2) is 42.5 Å². The summed E-state index contributed by atoms with van der Waals surface area (Å²) in [6.45, 7) is 1.89. The molecule has 0 saturated heterocycles. The lowest BCUT2D eigenvalue weighted by molar-refractivity contribution is 0.103. The molecule has 17 heavy (non-hydrogen) atoms. The molecule has 0 heterocycles. The summed E-state index contributed by atoms with van der Waals surface area (Å²) < 4.78 is 13.1. The van der Waals surface area contributed by atoms with Crippen LogP contribution in [0.4, 0.5) is 10.1 Å². The molecule has 0 atom stereocenters. The van der Waals surface area contributed by atoms with Gasteiger partial charge < -0.3 is 5.73 Å². The summed E-state index contributed by atoms with van der Waals surface area (Å²) in [5.74, 6) is -0.721. The maximum Gasteiger partial charge on any atom is 0.195 e. The van der Waals surface area contributed by atoms with E-state index in [0.29, 0.717) is 5.56 Å². The second-order valence-corrected chi connectivity index (χ2v) is 3.93. The van der Waals surface area contributed by atoms with Gasteiger partial charge in [-0.2, -0.15) is 0 Å². The predicted octanol–water partition coefficient (Wildman–Crippen LogP) is 2.95. The van der Waals surface area contributed by atoms with E-state index in [2.05, 4.69) is 0 Å². The molecule has 86 valence electrons. The summed E-state index contributed by atoms with van der Waals surface area (Å²) in [5, 5.41) is 0. The number of anilines is 1. The number of benzene rings is 2. The Kier molecular flexibility index (Phi) is 2.91. The molecule has 0 bridgehead atoms. The average molecular weight is 229 g/mol. The molecule has 0 aliphatic rings. The molecule has 2 nitrogen and oxygen atoms in total. The molecule has 0 saturated carbocycles. The summed E-state index contributed by atoms with van der Waals surface area (Å²) in [7, 11) is 0. The first-order valence-electron chi connectivity index (χ1n) is 5.24. The molecule has 3 heteroatoms. The van der Waals surface area contributed by atoms with Crippen molar-refractivity contribution >= 4 is 11.5 Å². The quantitative estimate of drug-likeness (QED) is 0.635. The van der Waals surface area contributed by atoms with Crippen LogP contribution in [0.5, 0.6) is 0 Å². The first-order valence-corrected chi connectivity index (χ1v) is 5.24. The number of carbonyl (C=O) groups is 1. The van der Waals surface area contributed by atoms with Crippen molar-refractivity contribution < 1.29 is 9.18 Å². The second-order valence-electron chi connectivity index (χ2n) is 3.93. The molecular weight excluding hydrogens is 217 g/mol. The Bertz CT molecular complexity index is 578. The van der Waals surface area contributed by atoms with Gasteiger partial charge in [0, 0.05) is 16.8 Å². The number of halogens is 1. The van der Waals surface area contributed by atoms with E-state index in [4.69, 9.17) is 5.73 Å². The molecule has 0 spiro atoms. The SMILES string of the molecule is Cc1cccc(C(=O)c2cc(F)ccc2N)c1. The molecule has 0 aliphatic carbocycles. The van der Waals surface area contributed by atoms with E-state index in [1.165, 1.54) is 18.2 Å². The summed E-state index contributed by atoms with van der Waals surface area (Å²) in [6, 6.07) is 10.9. The molecule has 0 amide bonds. The van der Waals surface area contributed by atoms with Gasteiger partial charge in [0.25, 0.3) is 0 Å². The van der Waals surface area contributed by atoms with E-state index in [0.717, 1.165) is 5.56 Å². The third-order valence-corrected chi connectivity index (χ3v) is 2.54. The number of ketones is 1. The van der Waals surface area contributed by atoms with E-state index in [1.54, 1.807) is 18.2 Å². The van der Waals surface area contributed by atoms with Crippen molar-refractivity contribution in [1.82, 2.24) is 0 Å². The first kappa shape index (κ1) is 11.3. The lowest BCUT2D eigenvalue weighted by Gasteiger charge is -2.05. The summed E-state index contributed by atoms with van der Waals surface area (Å²) in [4.78, 5) is 12.1. The van der Waals surface area contributed by atoms with E-state index in [9.17, 15) is 9.18 Å². The Morgan fingerprint density at radius 1 is 1.18 bits per heavy atom. The molecule has 2 aromatic rings. The third kappa shape index (κ3) is 2.33. The van der Waals surface area contributed by atoms with Gasteiger partial charge in [0.05, 0.1) is 0 Å². The Morgan fingerprint density at radius 3 is 2.65 bits per heavy atom. The van der Waals surface area contributed by atoms with Crippen molar-refractivity contribution in [3.05, 3.63) is 65.0 Å². The predicted molar refractivity (Wildman–Crippen MR) is 65.4 cm³/mol. The number of rotatable bonds is 2. The Morgan fingerprint density at radius 2 is 1.94 bits per heavy atom. The minimum Gasteiger partial charge on any atom is -0.398 e. The lowest BCUT2D eigenvalue weighted by atomic mass is 10.0. The van der Waals surface area contributed by atoms with Crippen LogP contribution in [-0.2, 0) is 0 Å². The zero-order chi connectivity index (χ0) is 12.4. The van der Waals surface area contributed by atoms with Gasteiger partial charge in [-0.25, -0.2) is 4.39 Å². The van der Waals surface area contributed by atoms with Crippen molar-refractivity contribution in [3.63, 3.8) is 0 Å². The number of aryl methyl sites for hydroxylation is 1. The van der Waals surface area contributed by atoms with Crippen molar-refractivity contribution in [2.75, 3.05) is 5.73 Å². The summed E-state index contributed by atoms with van der Waals surface area (Å²) >= 11 is 0. The number of nitrogen functional groups attached to an aromatic ring is 1. The van der Waals surface area contributed by atoms with E-state index in [-0.39, 0.29) is 17.0 Å². The highest BCUT2D eigenvalue weighted by molar-refractivity contribution is 6.12. The van der Waals surface area contributed by atoms with Gasteiger partial charge in [0.2, 0.25) is 0 Å².